The van der Waals surface area contributed by atoms with Crippen molar-refractivity contribution in [1.29, 1.82) is 0 Å². The monoisotopic (exact) mass is 409 g/mol. The van der Waals surface area contributed by atoms with E-state index in [2.05, 4.69) is 5.10 Å². The van der Waals surface area contributed by atoms with Crippen LogP contribution in [0.5, 0.6) is 0 Å². The zero-order chi connectivity index (χ0) is 20.1. The molecule has 2 amide bonds. The Morgan fingerprint density at radius 1 is 1.10 bits per heavy atom. The van der Waals surface area contributed by atoms with Crippen LogP contribution in [0.1, 0.15) is 50.2 Å². The zero-order valence-corrected chi connectivity index (χ0v) is 17.4. The zero-order valence-electron chi connectivity index (χ0n) is 16.6. The lowest BCUT2D eigenvalue weighted by Gasteiger charge is -2.34. The minimum atomic E-state index is 0.0126. The highest BCUT2D eigenvalue weighted by Gasteiger charge is 2.31. The summed E-state index contributed by atoms with van der Waals surface area (Å²) in [6.07, 6.45) is 2.26. The predicted octanol–water partition coefficient (Wildman–Crippen LogP) is 2.81. The number of amides is 2. The van der Waals surface area contributed by atoms with Crippen molar-refractivity contribution >= 4 is 34.2 Å². The molecule has 0 radical (unpaired) electrons. The van der Waals surface area contributed by atoms with Crippen molar-refractivity contribution in [3.63, 3.8) is 0 Å². The molecular weight excluding hydrogens is 386 g/mol. The molecule has 7 nitrogen and oxygen atoms in total. The van der Waals surface area contributed by atoms with Gasteiger partial charge in [0.05, 0.1) is 21.5 Å². The maximum atomic E-state index is 13.4. The van der Waals surface area contributed by atoms with Gasteiger partial charge in [-0.25, -0.2) is 4.98 Å². The molecule has 0 unspecified atom stereocenters. The third-order valence-corrected chi connectivity index (χ3v) is 6.66. The topological polar surface area (TPSA) is 71.3 Å². The van der Waals surface area contributed by atoms with Crippen LogP contribution in [0.15, 0.2) is 23.6 Å². The molecule has 0 atom stereocenters. The van der Waals surface area contributed by atoms with Crippen molar-refractivity contribution in [3.05, 3.63) is 45.4 Å². The maximum Gasteiger partial charge on any atom is 0.264 e. The highest BCUT2D eigenvalue weighted by atomic mass is 32.1. The number of nitrogens with zero attached hydrogens (tertiary/aromatic N) is 5. The molecule has 0 N–H and O–H groups in total. The molecule has 1 saturated carbocycles. The minimum Gasteiger partial charge on any atom is -0.335 e. The fourth-order valence-corrected chi connectivity index (χ4v) is 4.75. The average molecular weight is 410 g/mol. The van der Waals surface area contributed by atoms with Crippen molar-refractivity contribution in [1.82, 2.24) is 24.6 Å². The second-order valence-electron chi connectivity index (χ2n) is 7.84. The Bertz CT molecular complexity index is 1090. The molecule has 3 aromatic heterocycles. The molecule has 150 valence electrons. The summed E-state index contributed by atoms with van der Waals surface area (Å²) in [7, 11) is 1.88. The van der Waals surface area contributed by atoms with Gasteiger partial charge >= 0.3 is 0 Å². The predicted molar refractivity (Wildman–Crippen MR) is 111 cm³/mol. The number of piperazine rings is 1. The second kappa shape index (κ2) is 6.95. The molecule has 0 spiro atoms. The summed E-state index contributed by atoms with van der Waals surface area (Å²) in [5.74, 6) is 0.526. The normalized spacial score (nSPS) is 17.2. The van der Waals surface area contributed by atoms with Gasteiger partial charge in [0.15, 0.2) is 5.65 Å². The molecule has 3 aromatic rings. The third kappa shape index (κ3) is 3.21. The van der Waals surface area contributed by atoms with Gasteiger partial charge in [0.25, 0.3) is 11.8 Å². The van der Waals surface area contributed by atoms with Crippen molar-refractivity contribution < 1.29 is 9.59 Å². The van der Waals surface area contributed by atoms with Crippen molar-refractivity contribution in [2.75, 3.05) is 26.2 Å². The number of hydrogen-bond acceptors (Lipinski definition) is 5. The first-order valence-electron chi connectivity index (χ1n) is 9.99. The number of carbonyl (C=O) groups excluding carboxylic acids is 2. The maximum absolute atomic E-state index is 13.4. The van der Waals surface area contributed by atoms with E-state index in [0.29, 0.717) is 37.7 Å². The molecule has 0 aromatic carbocycles. The molecule has 8 heteroatoms. The number of rotatable bonds is 3. The first-order chi connectivity index (χ1) is 14.0. The number of carbonyl (C=O) groups is 2. The van der Waals surface area contributed by atoms with Crippen LogP contribution in [0, 0.1) is 6.92 Å². The Balaban J connectivity index is 1.40. The lowest BCUT2D eigenvalue weighted by atomic mass is 10.1. The lowest BCUT2D eigenvalue weighted by Crippen LogP contribution is -2.50. The summed E-state index contributed by atoms with van der Waals surface area (Å²) in [4.78, 5) is 35.2. The van der Waals surface area contributed by atoms with E-state index in [1.165, 1.54) is 11.3 Å². The van der Waals surface area contributed by atoms with Gasteiger partial charge in [0.1, 0.15) is 0 Å². The first kappa shape index (κ1) is 18.3. The Morgan fingerprint density at radius 3 is 2.41 bits per heavy atom. The van der Waals surface area contributed by atoms with Crippen molar-refractivity contribution in [3.8, 4) is 0 Å². The minimum absolute atomic E-state index is 0.0126. The van der Waals surface area contributed by atoms with Gasteiger partial charge in [0, 0.05) is 44.8 Å². The van der Waals surface area contributed by atoms with Crippen LogP contribution >= 0.6 is 11.3 Å². The highest BCUT2D eigenvalue weighted by Crippen LogP contribution is 2.40. The van der Waals surface area contributed by atoms with E-state index in [1.54, 1.807) is 4.68 Å². The van der Waals surface area contributed by atoms with Gasteiger partial charge < -0.3 is 9.80 Å². The van der Waals surface area contributed by atoms with E-state index in [-0.39, 0.29) is 11.8 Å². The van der Waals surface area contributed by atoms with Crippen LogP contribution < -0.4 is 0 Å². The lowest BCUT2D eigenvalue weighted by molar-refractivity contribution is 0.0539. The van der Waals surface area contributed by atoms with E-state index in [1.807, 2.05) is 47.4 Å². The number of pyridine rings is 1. The summed E-state index contributed by atoms with van der Waals surface area (Å²) in [5.41, 5.74) is 3.30. The summed E-state index contributed by atoms with van der Waals surface area (Å²) in [5, 5.41) is 7.25. The van der Waals surface area contributed by atoms with E-state index >= 15 is 0 Å². The highest BCUT2D eigenvalue weighted by molar-refractivity contribution is 7.12. The van der Waals surface area contributed by atoms with Gasteiger partial charge in [-0.2, -0.15) is 5.10 Å². The fraction of sp³-hybridized carbons (Fsp3) is 0.429. The van der Waals surface area contributed by atoms with Crippen LogP contribution in [0.3, 0.4) is 0 Å². The Hall–Kier alpha value is -2.74. The number of aryl methyl sites for hydroxylation is 2. The van der Waals surface area contributed by atoms with Gasteiger partial charge in [0.2, 0.25) is 0 Å². The van der Waals surface area contributed by atoms with Crippen molar-refractivity contribution in [2.24, 2.45) is 7.05 Å². The average Bonchev–Trinajstić information content (AvgIpc) is 3.37. The summed E-state index contributed by atoms with van der Waals surface area (Å²) < 4.78 is 1.77. The smallest absolute Gasteiger partial charge is 0.264 e. The summed E-state index contributed by atoms with van der Waals surface area (Å²) in [6, 6.07) is 5.71. The number of fused-ring (bicyclic) bond motifs is 1. The molecule has 29 heavy (non-hydrogen) atoms. The molecule has 2 aliphatic rings. The molecule has 5 rings (SSSR count). The largest absolute Gasteiger partial charge is 0.335 e. The molecule has 0 bridgehead atoms. The van der Waals surface area contributed by atoms with Crippen molar-refractivity contribution in [2.45, 2.75) is 25.7 Å². The van der Waals surface area contributed by atoms with Crippen LogP contribution in [-0.4, -0.2) is 62.6 Å². The Kier molecular flexibility index (Phi) is 4.38. The molecule has 1 aliphatic heterocycles. The third-order valence-electron chi connectivity index (χ3n) is 5.80. The standard InChI is InChI=1S/C21H23N5O2S/c1-13-18-15(12-16(14-5-6-14)22-19(18)24(2)23-13)20(27)25-7-9-26(10-8-25)21(28)17-4-3-11-29-17/h3-4,11-12,14H,5-10H2,1-2H3. The van der Waals surface area contributed by atoms with Gasteiger partial charge in [-0.3, -0.25) is 14.3 Å². The van der Waals surface area contributed by atoms with Crippen LogP contribution in [0.2, 0.25) is 0 Å². The molecule has 4 heterocycles. The SMILES string of the molecule is Cc1nn(C)c2nc(C3CC3)cc(C(=O)N3CCN(C(=O)c4cccs4)CC3)c12. The van der Waals surface area contributed by atoms with Gasteiger partial charge in [-0.15, -0.1) is 11.3 Å². The molecule has 2 fully saturated rings. The van der Waals surface area contributed by atoms with Gasteiger partial charge in [-0.05, 0) is 37.3 Å². The van der Waals surface area contributed by atoms with Crippen LogP contribution in [0.4, 0.5) is 0 Å². The van der Waals surface area contributed by atoms with E-state index in [4.69, 9.17) is 4.98 Å². The van der Waals surface area contributed by atoms with Crippen LogP contribution in [0.25, 0.3) is 11.0 Å². The molecule has 1 aliphatic carbocycles. The summed E-state index contributed by atoms with van der Waals surface area (Å²) >= 11 is 1.46. The first-order valence-corrected chi connectivity index (χ1v) is 10.9. The summed E-state index contributed by atoms with van der Waals surface area (Å²) in [6.45, 7) is 4.11. The molecule has 1 saturated heterocycles. The van der Waals surface area contributed by atoms with Gasteiger partial charge in [-0.1, -0.05) is 6.07 Å². The fourth-order valence-electron chi connectivity index (χ4n) is 4.06. The number of aromatic nitrogens is 3. The van der Waals surface area contributed by atoms with E-state index in [9.17, 15) is 9.59 Å². The number of hydrogen-bond donors (Lipinski definition) is 0. The van der Waals surface area contributed by atoms with E-state index < -0.39 is 0 Å². The molecular formula is C21H23N5O2S. The second-order valence-corrected chi connectivity index (χ2v) is 8.79. The number of thiophene rings is 1. The van der Waals surface area contributed by atoms with E-state index in [0.717, 1.165) is 40.1 Å². The Labute approximate surface area is 172 Å². The quantitative estimate of drug-likeness (QED) is 0.667. The Morgan fingerprint density at radius 2 is 1.79 bits per heavy atom. The van der Waals surface area contributed by atoms with Crippen LogP contribution in [-0.2, 0) is 7.05 Å².